The van der Waals surface area contributed by atoms with Gasteiger partial charge >= 0.3 is 15.2 Å². The van der Waals surface area contributed by atoms with E-state index in [4.69, 9.17) is 19.6 Å². The smallest absolute Gasteiger partial charge is 0.357 e. The monoisotopic (exact) mass is 333 g/mol. The lowest BCUT2D eigenvalue weighted by Crippen LogP contribution is -2.37. The highest BCUT2D eigenvalue weighted by molar-refractivity contribution is 7.57. The van der Waals surface area contributed by atoms with E-state index in [0.717, 1.165) is 19.3 Å². The van der Waals surface area contributed by atoms with Crippen LogP contribution in [0.15, 0.2) is 0 Å². The van der Waals surface area contributed by atoms with Crippen LogP contribution >= 0.6 is 15.2 Å². The summed E-state index contributed by atoms with van der Waals surface area (Å²) in [6, 6.07) is 0. The molecule has 0 heterocycles. The van der Waals surface area contributed by atoms with Gasteiger partial charge in [0.05, 0.1) is 6.16 Å². The quantitative estimate of drug-likeness (QED) is 0.288. The van der Waals surface area contributed by atoms with Gasteiger partial charge in [0.15, 0.2) is 5.34 Å². The number of aliphatic hydroxyl groups is 1. The minimum absolute atomic E-state index is 0.144. The van der Waals surface area contributed by atoms with E-state index in [1.54, 1.807) is 11.9 Å². The Labute approximate surface area is 119 Å². The Kier molecular flexibility index (Phi) is 8.10. The standard InChI is InChI=1S/C10H25NO7P2/c1-3-4-5-7-11(2)8-6-10(12,20(16,17)18)9-19(13,14)15/h12H,3-9H2,1-2H3,(H2,13,14,15)(H2,16,17,18). The first kappa shape index (κ1) is 20.2. The van der Waals surface area contributed by atoms with E-state index in [0.29, 0.717) is 6.54 Å². The van der Waals surface area contributed by atoms with E-state index >= 15 is 0 Å². The Morgan fingerprint density at radius 1 is 1.05 bits per heavy atom. The van der Waals surface area contributed by atoms with Crippen molar-refractivity contribution in [1.29, 1.82) is 0 Å². The summed E-state index contributed by atoms with van der Waals surface area (Å²) in [6.45, 7) is 2.89. The van der Waals surface area contributed by atoms with Crippen LogP contribution in [0.2, 0.25) is 0 Å². The SMILES string of the molecule is CCCCCN(C)CCC(O)(CP(=O)(O)O)P(=O)(O)O. The molecule has 5 N–H and O–H groups in total. The molecule has 0 aliphatic rings. The maximum atomic E-state index is 11.3. The van der Waals surface area contributed by atoms with Crippen LogP contribution < -0.4 is 0 Å². The second-order valence-electron chi connectivity index (χ2n) is 5.11. The van der Waals surface area contributed by atoms with Gasteiger partial charge < -0.3 is 29.6 Å². The van der Waals surface area contributed by atoms with Gasteiger partial charge in [-0.15, -0.1) is 0 Å². The van der Waals surface area contributed by atoms with Gasteiger partial charge in [-0.25, -0.2) is 0 Å². The van der Waals surface area contributed by atoms with Crippen molar-refractivity contribution in [2.45, 2.75) is 37.9 Å². The topological polar surface area (TPSA) is 139 Å². The first-order valence-electron chi connectivity index (χ1n) is 6.42. The molecule has 122 valence electrons. The molecule has 1 atom stereocenters. The summed E-state index contributed by atoms with van der Waals surface area (Å²) in [5, 5.41) is 7.23. The third kappa shape index (κ3) is 7.86. The summed E-state index contributed by atoms with van der Waals surface area (Å²) in [6.07, 6.45) is 1.34. The van der Waals surface area contributed by atoms with Crippen molar-refractivity contribution in [3.05, 3.63) is 0 Å². The summed E-state index contributed by atoms with van der Waals surface area (Å²) in [5.41, 5.74) is 0. The van der Waals surface area contributed by atoms with Crippen LogP contribution in [0.5, 0.6) is 0 Å². The lowest BCUT2D eigenvalue weighted by Gasteiger charge is -2.30. The fourth-order valence-corrected chi connectivity index (χ4v) is 4.26. The van der Waals surface area contributed by atoms with Gasteiger partial charge in [0.2, 0.25) is 0 Å². The normalized spacial score (nSPS) is 16.4. The Balaban J connectivity index is 4.61. The minimum atomic E-state index is -5.04. The lowest BCUT2D eigenvalue weighted by molar-refractivity contribution is 0.0869. The van der Waals surface area contributed by atoms with Gasteiger partial charge in [-0.05, 0) is 20.0 Å². The number of unbranched alkanes of at least 4 members (excludes halogenated alkanes) is 2. The van der Waals surface area contributed by atoms with E-state index in [9.17, 15) is 14.2 Å². The third-order valence-corrected chi connectivity index (χ3v) is 5.69. The van der Waals surface area contributed by atoms with Gasteiger partial charge in [0, 0.05) is 13.0 Å². The Morgan fingerprint density at radius 2 is 1.60 bits per heavy atom. The molecule has 0 aliphatic heterocycles. The number of rotatable bonds is 10. The van der Waals surface area contributed by atoms with Gasteiger partial charge in [-0.2, -0.15) is 0 Å². The van der Waals surface area contributed by atoms with Crippen molar-refractivity contribution < 1.29 is 33.8 Å². The van der Waals surface area contributed by atoms with E-state index in [1.165, 1.54) is 0 Å². The van der Waals surface area contributed by atoms with Crippen LogP contribution in [-0.4, -0.2) is 61.2 Å². The number of hydrogen-bond acceptors (Lipinski definition) is 4. The lowest BCUT2D eigenvalue weighted by atomic mass is 10.2. The van der Waals surface area contributed by atoms with Crippen LogP contribution in [0.4, 0.5) is 0 Å². The Bertz CT molecular complexity index is 380. The van der Waals surface area contributed by atoms with Crippen molar-refractivity contribution in [2.24, 2.45) is 0 Å². The molecule has 0 aromatic heterocycles. The second-order valence-corrected chi connectivity index (χ2v) is 8.68. The molecule has 1 unspecified atom stereocenters. The molecule has 0 saturated carbocycles. The second kappa shape index (κ2) is 8.01. The summed E-state index contributed by atoms with van der Waals surface area (Å²) in [7, 11) is -8.04. The molecule has 0 amide bonds. The highest BCUT2D eigenvalue weighted by Gasteiger charge is 2.49. The van der Waals surface area contributed by atoms with E-state index in [-0.39, 0.29) is 6.54 Å². The summed E-state index contributed by atoms with van der Waals surface area (Å²) >= 11 is 0. The van der Waals surface area contributed by atoms with Gasteiger partial charge in [0.25, 0.3) is 0 Å². The average molecular weight is 333 g/mol. The van der Waals surface area contributed by atoms with E-state index in [1.807, 2.05) is 6.92 Å². The Hall–Kier alpha value is 0.220. The first-order valence-corrected chi connectivity index (χ1v) is 9.83. The molecule has 0 aliphatic carbocycles. The zero-order valence-electron chi connectivity index (χ0n) is 11.8. The highest BCUT2D eigenvalue weighted by atomic mass is 31.2. The van der Waals surface area contributed by atoms with Gasteiger partial charge in [-0.3, -0.25) is 9.13 Å². The molecular formula is C10H25NO7P2. The molecule has 10 heteroatoms. The predicted molar refractivity (Wildman–Crippen MR) is 75.5 cm³/mol. The van der Waals surface area contributed by atoms with Crippen molar-refractivity contribution in [2.75, 3.05) is 26.3 Å². The Morgan fingerprint density at radius 3 is 2.00 bits per heavy atom. The number of hydrogen-bond donors (Lipinski definition) is 5. The van der Waals surface area contributed by atoms with Crippen molar-refractivity contribution >= 4 is 15.2 Å². The molecule has 0 rings (SSSR count). The van der Waals surface area contributed by atoms with E-state index in [2.05, 4.69) is 0 Å². The third-order valence-electron chi connectivity index (χ3n) is 3.04. The summed E-state index contributed by atoms with van der Waals surface area (Å²) < 4.78 is 22.2. The zero-order valence-corrected chi connectivity index (χ0v) is 13.6. The van der Waals surface area contributed by atoms with Crippen LogP contribution in [-0.2, 0) is 9.13 Å². The van der Waals surface area contributed by atoms with Crippen LogP contribution in [0.25, 0.3) is 0 Å². The van der Waals surface area contributed by atoms with Crippen molar-refractivity contribution in [1.82, 2.24) is 4.90 Å². The fourth-order valence-electron chi connectivity index (χ4n) is 1.76. The summed E-state index contributed by atoms with van der Waals surface area (Å²) in [4.78, 5) is 37.7. The molecule has 0 spiro atoms. The maximum absolute atomic E-state index is 11.3. The molecule has 0 aromatic rings. The largest absolute Gasteiger partial charge is 0.377 e. The highest BCUT2D eigenvalue weighted by Crippen LogP contribution is 2.56. The van der Waals surface area contributed by atoms with Gasteiger partial charge in [-0.1, -0.05) is 19.8 Å². The molecule has 0 aromatic carbocycles. The molecular weight excluding hydrogens is 308 g/mol. The maximum Gasteiger partial charge on any atom is 0.357 e. The van der Waals surface area contributed by atoms with Gasteiger partial charge in [0.1, 0.15) is 0 Å². The molecule has 0 bridgehead atoms. The van der Waals surface area contributed by atoms with Crippen molar-refractivity contribution in [3.8, 4) is 0 Å². The fraction of sp³-hybridized carbons (Fsp3) is 1.00. The predicted octanol–water partition coefficient (Wildman–Crippen LogP) is 0.542. The molecule has 0 fully saturated rings. The molecule has 20 heavy (non-hydrogen) atoms. The van der Waals surface area contributed by atoms with E-state index < -0.39 is 33.1 Å². The molecule has 0 saturated heterocycles. The number of nitrogens with zero attached hydrogens (tertiary/aromatic N) is 1. The van der Waals surface area contributed by atoms with Crippen LogP contribution in [0, 0.1) is 0 Å². The van der Waals surface area contributed by atoms with Crippen LogP contribution in [0.3, 0.4) is 0 Å². The average Bonchev–Trinajstić information content (AvgIpc) is 2.23. The zero-order chi connectivity index (χ0) is 16.0. The molecule has 0 radical (unpaired) electrons. The van der Waals surface area contributed by atoms with Crippen LogP contribution in [0.1, 0.15) is 32.6 Å². The summed E-state index contributed by atoms with van der Waals surface area (Å²) in [5.74, 6) is 0. The minimum Gasteiger partial charge on any atom is -0.377 e. The van der Waals surface area contributed by atoms with Crippen molar-refractivity contribution in [3.63, 3.8) is 0 Å². The first-order chi connectivity index (χ1) is 8.91. The molecule has 8 nitrogen and oxygen atoms in total.